The summed E-state index contributed by atoms with van der Waals surface area (Å²) in [6.07, 6.45) is 1.82. The average molecular weight is 263 g/mol. The van der Waals surface area contributed by atoms with Crippen molar-refractivity contribution in [3.05, 3.63) is 12.7 Å². The zero-order valence-corrected chi connectivity index (χ0v) is 11.1. The molecule has 0 amide bonds. The van der Waals surface area contributed by atoms with Gasteiger partial charge in [0.2, 0.25) is 0 Å². The lowest BCUT2D eigenvalue weighted by Crippen LogP contribution is -2.45. The van der Waals surface area contributed by atoms with Crippen molar-refractivity contribution < 1.29 is 13.2 Å². The second-order valence-electron chi connectivity index (χ2n) is 5.18. The highest BCUT2D eigenvalue weighted by molar-refractivity contribution is 4.91. The Kier molecular flexibility index (Phi) is 6.19. The molecule has 18 heavy (non-hydrogen) atoms. The quantitative estimate of drug-likeness (QED) is 0.704. The molecule has 0 bridgehead atoms. The van der Waals surface area contributed by atoms with Crippen LogP contribution in [0.2, 0.25) is 0 Å². The molecule has 0 radical (unpaired) electrons. The van der Waals surface area contributed by atoms with E-state index in [4.69, 9.17) is 0 Å². The smallest absolute Gasteiger partial charge is 0.313 e. The van der Waals surface area contributed by atoms with Crippen LogP contribution in [0.1, 0.15) is 45.4 Å². The van der Waals surface area contributed by atoms with Crippen molar-refractivity contribution in [3.63, 3.8) is 0 Å². The number of alkyl halides is 3. The van der Waals surface area contributed by atoms with E-state index >= 15 is 0 Å². The molecule has 1 nitrogen and oxygen atoms in total. The highest BCUT2D eigenvalue weighted by Crippen LogP contribution is 2.43. The molecule has 3 unspecified atom stereocenters. The van der Waals surface area contributed by atoms with E-state index in [1.54, 1.807) is 6.08 Å². The van der Waals surface area contributed by atoms with Gasteiger partial charge in [0, 0.05) is 6.04 Å². The number of hydrogen-bond acceptors (Lipinski definition) is 1. The van der Waals surface area contributed by atoms with Crippen molar-refractivity contribution in [3.8, 4) is 0 Å². The Morgan fingerprint density at radius 3 is 2.56 bits per heavy atom. The second kappa shape index (κ2) is 7.17. The first-order chi connectivity index (χ1) is 8.50. The molecule has 0 heterocycles. The van der Waals surface area contributed by atoms with Crippen LogP contribution in [0, 0.1) is 11.8 Å². The molecule has 0 spiro atoms. The molecule has 1 saturated carbocycles. The molecule has 1 N–H and O–H groups in total. The summed E-state index contributed by atoms with van der Waals surface area (Å²) >= 11 is 0. The molecule has 1 aliphatic rings. The van der Waals surface area contributed by atoms with Crippen LogP contribution >= 0.6 is 0 Å². The fourth-order valence-corrected chi connectivity index (χ4v) is 2.97. The van der Waals surface area contributed by atoms with Gasteiger partial charge in [-0.2, -0.15) is 13.2 Å². The standard InChI is InChI=1S/C14H24F3N/c1-3-7-13(18-10-4-2)11-8-5-6-9-12(11)14(15,16)17/h3,11-13,18H,1,4-10H2,2H3. The van der Waals surface area contributed by atoms with Gasteiger partial charge in [-0.15, -0.1) is 6.58 Å². The Labute approximate surface area is 108 Å². The molecule has 0 aliphatic heterocycles. The normalized spacial score (nSPS) is 26.9. The highest BCUT2D eigenvalue weighted by atomic mass is 19.4. The minimum atomic E-state index is -4.06. The van der Waals surface area contributed by atoms with Gasteiger partial charge in [0.15, 0.2) is 0 Å². The fraction of sp³-hybridized carbons (Fsp3) is 0.857. The molecular formula is C14H24F3N. The Hall–Kier alpha value is -0.510. The highest BCUT2D eigenvalue weighted by Gasteiger charge is 2.47. The summed E-state index contributed by atoms with van der Waals surface area (Å²) in [6.45, 7) is 6.47. The molecule has 1 aliphatic carbocycles. The third-order valence-electron chi connectivity index (χ3n) is 3.83. The van der Waals surface area contributed by atoms with Crippen LogP contribution in [0.25, 0.3) is 0 Å². The van der Waals surface area contributed by atoms with Gasteiger partial charge in [-0.05, 0) is 38.1 Å². The van der Waals surface area contributed by atoms with Crippen molar-refractivity contribution >= 4 is 0 Å². The maximum absolute atomic E-state index is 13.1. The predicted molar refractivity (Wildman–Crippen MR) is 68.4 cm³/mol. The van der Waals surface area contributed by atoms with E-state index in [2.05, 4.69) is 11.9 Å². The van der Waals surface area contributed by atoms with Crippen LogP contribution in [0.4, 0.5) is 13.2 Å². The number of rotatable bonds is 6. The molecule has 0 saturated heterocycles. The number of halogens is 3. The predicted octanol–water partition coefficient (Wildman–Crippen LogP) is 4.30. The van der Waals surface area contributed by atoms with Crippen molar-refractivity contribution in [2.75, 3.05) is 6.54 Å². The van der Waals surface area contributed by atoms with Gasteiger partial charge in [-0.3, -0.25) is 0 Å². The third-order valence-corrected chi connectivity index (χ3v) is 3.83. The Morgan fingerprint density at radius 2 is 2.00 bits per heavy atom. The van der Waals surface area contributed by atoms with E-state index in [9.17, 15) is 13.2 Å². The monoisotopic (exact) mass is 263 g/mol. The average Bonchev–Trinajstić information content (AvgIpc) is 2.33. The maximum atomic E-state index is 13.1. The summed E-state index contributed by atoms with van der Waals surface area (Å²) in [5.74, 6) is -1.43. The molecule has 4 heteroatoms. The minimum Gasteiger partial charge on any atom is -0.313 e. The SMILES string of the molecule is C=CCC(NCCC)C1CCCCC1C(F)(F)F. The van der Waals surface area contributed by atoms with Crippen LogP contribution in [-0.4, -0.2) is 18.8 Å². The largest absolute Gasteiger partial charge is 0.392 e. The van der Waals surface area contributed by atoms with Gasteiger partial charge in [0.1, 0.15) is 0 Å². The fourth-order valence-electron chi connectivity index (χ4n) is 2.97. The molecule has 0 aromatic rings. The van der Waals surface area contributed by atoms with Gasteiger partial charge in [0.05, 0.1) is 5.92 Å². The third kappa shape index (κ3) is 4.30. The lowest BCUT2D eigenvalue weighted by atomic mass is 9.74. The summed E-state index contributed by atoms with van der Waals surface area (Å²) in [7, 11) is 0. The summed E-state index contributed by atoms with van der Waals surface area (Å²) in [5.41, 5.74) is 0. The van der Waals surface area contributed by atoms with Gasteiger partial charge in [-0.25, -0.2) is 0 Å². The maximum Gasteiger partial charge on any atom is 0.392 e. The van der Waals surface area contributed by atoms with E-state index in [0.29, 0.717) is 19.3 Å². The topological polar surface area (TPSA) is 12.0 Å². The summed E-state index contributed by atoms with van der Waals surface area (Å²) in [4.78, 5) is 0. The van der Waals surface area contributed by atoms with E-state index in [0.717, 1.165) is 19.4 Å². The van der Waals surface area contributed by atoms with Crippen molar-refractivity contribution in [1.82, 2.24) is 5.32 Å². The van der Waals surface area contributed by atoms with E-state index in [-0.39, 0.29) is 18.4 Å². The van der Waals surface area contributed by atoms with Gasteiger partial charge >= 0.3 is 6.18 Å². The summed E-state index contributed by atoms with van der Waals surface area (Å²) in [5, 5.41) is 3.27. The van der Waals surface area contributed by atoms with Crippen LogP contribution in [0.15, 0.2) is 12.7 Å². The molecular weight excluding hydrogens is 239 g/mol. The lowest BCUT2D eigenvalue weighted by Gasteiger charge is -2.38. The van der Waals surface area contributed by atoms with Crippen molar-refractivity contribution in [1.29, 1.82) is 0 Å². The van der Waals surface area contributed by atoms with E-state index in [1.807, 2.05) is 6.92 Å². The zero-order valence-electron chi connectivity index (χ0n) is 11.1. The zero-order chi connectivity index (χ0) is 13.6. The van der Waals surface area contributed by atoms with Crippen LogP contribution < -0.4 is 5.32 Å². The molecule has 106 valence electrons. The molecule has 0 aromatic carbocycles. The Balaban J connectivity index is 2.74. The Bertz CT molecular complexity index is 250. The molecule has 0 aromatic heterocycles. The molecule has 1 fully saturated rings. The first-order valence-electron chi connectivity index (χ1n) is 6.91. The van der Waals surface area contributed by atoms with Crippen LogP contribution in [-0.2, 0) is 0 Å². The molecule has 1 rings (SSSR count). The first-order valence-corrected chi connectivity index (χ1v) is 6.91. The minimum absolute atomic E-state index is 0.0747. The van der Waals surface area contributed by atoms with Crippen molar-refractivity contribution in [2.45, 2.75) is 57.7 Å². The Morgan fingerprint density at radius 1 is 1.33 bits per heavy atom. The van der Waals surface area contributed by atoms with Crippen molar-refractivity contribution in [2.24, 2.45) is 11.8 Å². The van der Waals surface area contributed by atoms with E-state index in [1.165, 1.54) is 0 Å². The first kappa shape index (κ1) is 15.5. The van der Waals surface area contributed by atoms with Crippen LogP contribution in [0.3, 0.4) is 0 Å². The summed E-state index contributed by atoms with van der Waals surface area (Å²) in [6, 6.07) is -0.0747. The molecule has 3 atom stereocenters. The summed E-state index contributed by atoms with van der Waals surface area (Å²) < 4.78 is 39.2. The lowest BCUT2D eigenvalue weighted by molar-refractivity contribution is -0.199. The van der Waals surface area contributed by atoms with Gasteiger partial charge in [-0.1, -0.05) is 25.8 Å². The number of hydrogen-bond donors (Lipinski definition) is 1. The van der Waals surface area contributed by atoms with Crippen LogP contribution in [0.5, 0.6) is 0 Å². The second-order valence-corrected chi connectivity index (χ2v) is 5.18. The van der Waals surface area contributed by atoms with Gasteiger partial charge in [0.25, 0.3) is 0 Å². The number of nitrogens with one attached hydrogen (secondary N) is 1. The van der Waals surface area contributed by atoms with E-state index < -0.39 is 12.1 Å². The van der Waals surface area contributed by atoms with Gasteiger partial charge < -0.3 is 5.32 Å².